The maximum absolute atomic E-state index is 12.1. The molecule has 0 bridgehead atoms. The van der Waals surface area contributed by atoms with Gasteiger partial charge in [-0.2, -0.15) is 0 Å². The molecule has 0 aromatic carbocycles. The van der Waals surface area contributed by atoms with Crippen LogP contribution in [0.4, 0.5) is 13.2 Å². The number of hydrogen-bond acceptors (Lipinski definition) is 4. The van der Waals surface area contributed by atoms with E-state index < -0.39 is 18.2 Å². The number of nitrogens with zero attached hydrogens (tertiary/aromatic N) is 1. The Balaban J connectivity index is 3.15. The van der Waals surface area contributed by atoms with Crippen molar-refractivity contribution in [2.75, 3.05) is 0 Å². The highest BCUT2D eigenvalue weighted by Gasteiger charge is 2.33. The number of alkyl halides is 3. The van der Waals surface area contributed by atoms with Crippen molar-refractivity contribution in [3.63, 3.8) is 0 Å². The number of halogens is 4. The number of carboxylic acid groups (broad SMARTS) is 1. The summed E-state index contributed by atoms with van der Waals surface area (Å²) < 4.78 is 40.0. The Labute approximate surface area is 113 Å². The zero-order valence-electron chi connectivity index (χ0n) is 8.79. The predicted molar refractivity (Wildman–Crippen MR) is 62.9 cm³/mol. The van der Waals surface area contributed by atoms with Gasteiger partial charge in [0.1, 0.15) is 0 Å². The van der Waals surface area contributed by atoms with Gasteiger partial charge in [-0.25, -0.2) is 4.98 Å². The molecule has 1 aromatic heterocycles. The van der Waals surface area contributed by atoms with E-state index in [0.717, 1.165) is 6.20 Å². The van der Waals surface area contributed by atoms with Gasteiger partial charge in [0, 0.05) is 12.7 Å². The highest BCUT2D eigenvalue weighted by molar-refractivity contribution is 14.1. The Morgan fingerprint density at radius 3 is 2.61 bits per heavy atom. The third-order valence-electron chi connectivity index (χ3n) is 1.94. The molecular weight excluding hydrogens is 368 g/mol. The normalized spacial score (nSPS) is 11.4. The van der Waals surface area contributed by atoms with E-state index in [0.29, 0.717) is 0 Å². The lowest BCUT2D eigenvalue weighted by Gasteiger charge is -2.13. The predicted octanol–water partition coefficient (Wildman–Crippen LogP) is 1.67. The third kappa shape index (κ3) is 3.98. The van der Waals surface area contributed by atoms with Gasteiger partial charge in [0.15, 0.2) is 0 Å². The van der Waals surface area contributed by atoms with Crippen molar-refractivity contribution in [3.8, 4) is 5.88 Å². The number of aliphatic carboxylic acids is 1. The summed E-state index contributed by atoms with van der Waals surface area (Å²) in [6, 6.07) is 0. The molecule has 0 saturated heterocycles. The molecule has 9 heteroatoms. The Bertz CT molecular complexity index is 465. The minimum atomic E-state index is -4.85. The van der Waals surface area contributed by atoms with Gasteiger partial charge in [-0.05, 0) is 33.7 Å². The van der Waals surface area contributed by atoms with Crippen molar-refractivity contribution in [2.24, 2.45) is 5.73 Å². The number of ether oxygens (including phenoxy) is 1. The fraction of sp³-hybridized carbons (Fsp3) is 0.333. The second-order valence-corrected chi connectivity index (χ2v) is 4.28. The second-order valence-electron chi connectivity index (χ2n) is 3.20. The lowest BCUT2D eigenvalue weighted by Crippen LogP contribution is -2.20. The van der Waals surface area contributed by atoms with Gasteiger partial charge in [-0.3, -0.25) is 4.79 Å². The van der Waals surface area contributed by atoms with Crippen LogP contribution in [-0.4, -0.2) is 22.4 Å². The Hall–Kier alpha value is -1.10. The standard InChI is InChI=1S/C9H8F3IN2O3/c10-9(11,12)18-8-7(13)5(2-14)4(3-15-8)1-6(16)17/h3H,1-2,14H2,(H,16,17). The molecule has 0 unspecified atom stereocenters. The first-order valence-electron chi connectivity index (χ1n) is 4.58. The van der Waals surface area contributed by atoms with Gasteiger partial charge >= 0.3 is 12.3 Å². The summed E-state index contributed by atoms with van der Waals surface area (Å²) in [5.74, 6) is -1.75. The lowest BCUT2D eigenvalue weighted by molar-refractivity contribution is -0.276. The molecule has 0 radical (unpaired) electrons. The number of nitrogens with two attached hydrogens (primary N) is 1. The molecular formula is C9H8F3IN2O3. The monoisotopic (exact) mass is 376 g/mol. The van der Waals surface area contributed by atoms with E-state index >= 15 is 0 Å². The van der Waals surface area contributed by atoms with Gasteiger partial charge < -0.3 is 15.6 Å². The zero-order valence-corrected chi connectivity index (χ0v) is 10.9. The smallest absolute Gasteiger partial charge is 0.481 e. The quantitative estimate of drug-likeness (QED) is 0.782. The highest BCUT2D eigenvalue weighted by Crippen LogP contribution is 2.29. The summed E-state index contributed by atoms with van der Waals surface area (Å²) in [4.78, 5) is 14.0. The molecule has 0 saturated carbocycles. The van der Waals surface area contributed by atoms with E-state index in [-0.39, 0.29) is 27.7 Å². The third-order valence-corrected chi connectivity index (χ3v) is 3.05. The van der Waals surface area contributed by atoms with Crippen LogP contribution >= 0.6 is 22.6 Å². The summed E-state index contributed by atoms with van der Waals surface area (Å²) in [6.07, 6.45) is -4.19. The van der Waals surface area contributed by atoms with E-state index in [2.05, 4.69) is 9.72 Å². The van der Waals surface area contributed by atoms with Crippen molar-refractivity contribution >= 4 is 28.6 Å². The molecule has 0 aliphatic carbocycles. The molecule has 18 heavy (non-hydrogen) atoms. The van der Waals surface area contributed by atoms with Gasteiger partial charge in [-0.15, -0.1) is 13.2 Å². The summed E-state index contributed by atoms with van der Waals surface area (Å²) in [5, 5.41) is 8.65. The van der Waals surface area contributed by atoms with Crippen LogP contribution in [0.3, 0.4) is 0 Å². The fourth-order valence-electron chi connectivity index (χ4n) is 1.26. The lowest BCUT2D eigenvalue weighted by atomic mass is 10.1. The van der Waals surface area contributed by atoms with E-state index in [1.165, 1.54) is 0 Å². The average molecular weight is 376 g/mol. The minimum Gasteiger partial charge on any atom is -0.481 e. The van der Waals surface area contributed by atoms with Crippen LogP contribution in [0.5, 0.6) is 5.88 Å². The first-order chi connectivity index (χ1) is 8.24. The van der Waals surface area contributed by atoms with Crippen LogP contribution in [0, 0.1) is 3.57 Å². The molecule has 0 spiro atoms. The van der Waals surface area contributed by atoms with Crippen molar-refractivity contribution in [1.82, 2.24) is 4.98 Å². The van der Waals surface area contributed by atoms with E-state index in [4.69, 9.17) is 10.8 Å². The first kappa shape index (κ1) is 15.0. The molecule has 1 aromatic rings. The molecule has 1 heterocycles. The number of pyridine rings is 1. The summed E-state index contributed by atoms with van der Waals surface area (Å²) in [5.41, 5.74) is 5.95. The molecule has 0 aliphatic heterocycles. The molecule has 5 nitrogen and oxygen atoms in total. The Morgan fingerprint density at radius 2 is 2.17 bits per heavy atom. The largest absolute Gasteiger partial charge is 0.574 e. The van der Waals surface area contributed by atoms with Crippen LogP contribution in [-0.2, 0) is 17.8 Å². The number of rotatable bonds is 4. The average Bonchev–Trinajstić information content (AvgIpc) is 2.20. The van der Waals surface area contributed by atoms with Crippen molar-refractivity contribution in [1.29, 1.82) is 0 Å². The second kappa shape index (κ2) is 5.69. The summed E-state index contributed by atoms with van der Waals surface area (Å²) in [6.45, 7) is -0.0996. The molecule has 100 valence electrons. The van der Waals surface area contributed by atoms with E-state index in [1.807, 2.05) is 0 Å². The molecule has 0 aliphatic rings. The van der Waals surface area contributed by atoms with Crippen molar-refractivity contribution in [3.05, 3.63) is 20.9 Å². The van der Waals surface area contributed by atoms with Crippen molar-refractivity contribution < 1.29 is 27.8 Å². The fourth-order valence-corrected chi connectivity index (χ4v) is 2.07. The van der Waals surface area contributed by atoms with Gasteiger partial charge in [0.05, 0.1) is 9.99 Å². The zero-order chi connectivity index (χ0) is 13.9. The molecule has 0 fully saturated rings. The summed E-state index contributed by atoms with van der Waals surface area (Å²) >= 11 is 1.59. The maximum Gasteiger partial charge on any atom is 0.574 e. The van der Waals surface area contributed by atoms with Crippen LogP contribution in [0.1, 0.15) is 11.1 Å². The molecule has 1 rings (SSSR count). The first-order valence-corrected chi connectivity index (χ1v) is 5.66. The van der Waals surface area contributed by atoms with Gasteiger partial charge in [-0.1, -0.05) is 0 Å². The Kier molecular flexibility index (Phi) is 4.73. The van der Waals surface area contributed by atoms with E-state index in [1.54, 1.807) is 22.6 Å². The van der Waals surface area contributed by atoms with Crippen LogP contribution in [0.2, 0.25) is 0 Å². The molecule has 0 atom stereocenters. The van der Waals surface area contributed by atoms with Crippen LogP contribution < -0.4 is 10.5 Å². The molecule has 0 amide bonds. The highest BCUT2D eigenvalue weighted by atomic mass is 127. The summed E-state index contributed by atoms with van der Waals surface area (Å²) in [7, 11) is 0. The SMILES string of the molecule is NCc1c(CC(=O)O)cnc(OC(F)(F)F)c1I. The minimum absolute atomic E-state index is 0.0613. The number of carboxylic acids is 1. The Morgan fingerprint density at radius 1 is 1.56 bits per heavy atom. The number of aromatic nitrogens is 1. The van der Waals surface area contributed by atoms with Crippen molar-refractivity contribution in [2.45, 2.75) is 19.3 Å². The molecule has 3 N–H and O–H groups in total. The van der Waals surface area contributed by atoms with Crippen LogP contribution in [0.25, 0.3) is 0 Å². The number of hydrogen-bond donors (Lipinski definition) is 2. The van der Waals surface area contributed by atoms with Crippen LogP contribution in [0.15, 0.2) is 6.20 Å². The van der Waals surface area contributed by atoms with E-state index in [9.17, 15) is 18.0 Å². The van der Waals surface area contributed by atoms with Gasteiger partial charge in [0.25, 0.3) is 0 Å². The maximum atomic E-state index is 12.1. The van der Waals surface area contributed by atoms with Gasteiger partial charge in [0.2, 0.25) is 5.88 Å². The topological polar surface area (TPSA) is 85.4 Å². The number of carbonyl (C=O) groups is 1.